The first-order valence-electron chi connectivity index (χ1n) is 8.63. The molecule has 0 saturated carbocycles. The lowest BCUT2D eigenvalue weighted by molar-refractivity contribution is -0.130. The van der Waals surface area contributed by atoms with Crippen LogP contribution in [0.1, 0.15) is 32.1 Å². The lowest BCUT2D eigenvalue weighted by Gasteiger charge is -2.32. The fraction of sp³-hybridized carbons (Fsp3) is 0.938. The molecule has 3 saturated heterocycles. The highest BCUT2D eigenvalue weighted by Gasteiger charge is 2.30. The van der Waals surface area contributed by atoms with Gasteiger partial charge in [0.1, 0.15) is 0 Å². The number of ether oxygens (including phenoxy) is 1. The summed E-state index contributed by atoms with van der Waals surface area (Å²) in [4.78, 5) is 17.0. The second kappa shape index (κ2) is 7.56. The number of rotatable bonds is 4. The smallest absolute Gasteiger partial charge is 0.222 e. The second-order valence-corrected chi connectivity index (χ2v) is 6.66. The Hall–Kier alpha value is -0.650. The molecule has 0 spiro atoms. The molecule has 3 heterocycles. The van der Waals surface area contributed by atoms with E-state index in [-0.39, 0.29) is 0 Å². The zero-order valence-corrected chi connectivity index (χ0v) is 13.1. The van der Waals surface area contributed by atoms with E-state index in [0.717, 1.165) is 84.6 Å². The summed E-state index contributed by atoms with van der Waals surface area (Å²) < 4.78 is 5.38. The Labute approximate surface area is 128 Å². The topological polar surface area (TPSA) is 44.8 Å². The summed E-state index contributed by atoms with van der Waals surface area (Å²) in [5.74, 6) is 1.08. The SMILES string of the molecule is O=C(CCC1CCOCC1)N1CCC(N2CCNCC2)C1. The van der Waals surface area contributed by atoms with E-state index in [4.69, 9.17) is 4.74 Å². The number of amides is 1. The number of carbonyl (C=O) groups is 1. The molecular formula is C16H29N3O2. The van der Waals surface area contributed by atoms with Crippen molar-refractivity contribution >= 4 is 5.91 Å². The number of carbonyl (C=O) groups excluding carboxylic acids is 1. The van der Waals surface area contributed by atoms with Crippen LogP contribution in [0, 0.1) is 5.92 Å². The highest BCUT2D eigenvalue weighted by atomic mass is 16.5. The fourth-order valence-corrected chi connectivity index (χ4v) is 3.83. The van der Waals surface area contributed by atoms with Crippen molar-refractivity contribution in [3.63, 3.8) is 0 Å². The molecule has 3 aliphatic rings. The van der Waals surface area contributed by atoms with Crippen LogP contribution in [-0.2, 0) is 9.53 Å². The van der Waals surface area contributed by atoms with Gasteiger partial charge in [0.25, 0.3) is 0 Å². The maximum Gasteiger partial charge on any atom is 0.222 e. The Morgan fingerprint density at radius 2 is 1.86 bits per heavy atom. The van der Waals surface area contributed by atoms with Crippen LogP contribution in [0.25, 0.3) is 0 Å². The van der Waals surface area contributed by atoms with Crippen LogP contribution in [0.15, 0.2) is 0 Å². The highest BCUT2D eigenvalue weighted by molar-refractivity contribution is 5.76. The summed E-state index contributed by atoms with van der Waals surface area (Å²) in [7, 11) is 0. The molecule has 3 aliphatic heterocycles. The van der Waals surface area contributed by atoms with Gasteiger partial charge in [0.2, 0.25) is 5.91 Å². The number of nitrogens with zero attached hydrogens (tertiary/aromatic N) is 2. The maximum atomic E-state index is 12.4. The molecule has 5 heteroatoms. The third kappa shape index (κ3) is 4.18. The molecule has 0 aromatic heterocycles. The predicted octanol–water partition coefficient (Wildman–Crippen LogP) is 0.699. The van der Waals surface area contributed by atoms with Gasteiger partial charge in [0.05, 0.1) is 0 Å². The molecule has 0 aliphatic carbocycles. The molecule has 21 heavy (non-hydrogen) atoms. The Morgan fingerprint density at radius 3 is 2.62 bits per heavy atom. The summed E-state index contributed by atoms with van der Waals surface area (Å²) in [5.41, 5.74) is 0. The van der Waals surface area contributed by atoms with Gasteiger partial charge >= 0.3 is 0 Å². The quantitative estimate of drug-likeness (QED) is 0.829. The Kier molecular flexibility index (Phi) is 5.49. The van der Waals surface area contributed by atoms with Gasteiger partial charge in [-0.15, -0.1) is 0 Å². The lowest BCUT2D eigenvalue weighted by atomic mass is 9.95. The maximum absolute atomic E-state index is 12.4. The van der Waals surface area contributed by atoms with Crippen LogP contribution in [0.5, 0.6) is 0 Å². The van der Waals surface area contributed by atoms with E-state index in [1.165, 1.54) is 0 Å². The van der Waals surface area contributed by atoms with E-state index < -0.39 is 0 Å². The molecule has 5 nitrogen and oxygen atoms in total. The molecule has 1 amide bonds. The van der Waals surface area contributed by atoms with Crippen molar-refractivity contribution in [1.82, 2.24) is 15.1 Å². The number of nitrogens with one attached hydrogen (secondary N) is 1. The second-order valence-electron chi connectivity index (χ2n) is 6.66. The zero-order chi connectivity index (χ0) is 14.5. The first kappa shape index (κ1) is 15.3. The molecular weight excluding hydrogens is 266 g/mol. The van der Waals surface area contributed by atoms with Crippen LogP contribution in [-0.4, -0.2) is 74.2 Å². The third-order valence-electron chi connectivity index (χ3n) is 5.29. The largest absolute Gasteiger partial charge is 0.381 e. The van der Waals surface area contributed by atoms with Crippen molar-refractivity contribution in [2.75, 3.05) is 52.5 Å². The van der Waals surface area contributed by atoms with Gasteiger partial charge in [-0.1, -0.05) is 0 Å². The summed E-state index contributed by atoms with van der Waals surface area (Å²) in [6.45, 7) is 8.13. The average Bonchev–Trinajstić information content (AvgIpc) is 3.04. The van der Waals surface area contributed by atoms with Gasteiger partial charge < -0.3 is 15.0 Å². The number of piperazine rings is 1. The molecule has 1 atom stereocenters. The minimum atomic E-state index is 0.374. The summed E-state index contributed by atoms with van der Waals surface area (Å²) in [6, 6.07) is 0.596. The standard InChI is InChI=1S/C16H29N3O2/c20-16(2-1-14-4-11-21-12-5-14)19-8-3-15(13-19)18-9-6-17-7-10-18/h14-15,17H,1-13H2. The normalized spacial score (nSPS) is 29.0. The average molecular weight is 295 g/mol. The van der Waals surface area contributed by atoms with Crippen LogP contribution in [0.2, 0.25) is 0 Å². The summed E-state index contributed by atoms with van der Waals surface area (Å²) >= 11 is 0. The molecule has 0 aromatic carbocycles. The predicted molar refractivity (Wildman–Crippen MR) is 82.2 cm³/mol. The van der Waals surface area contributed by atoms with Gasteiger partial charge in [-0.05, 0) is 31.6 Å². The molecule has 0 radical (unpaired) electrons. The van der Waals surface area contributed by atoms with Crippen molar-refractivity contribution in [3.05, 3.63) is 0 Å². The number of likely N-dealkylation sites (tertiary alicyclic amines) is 1. The number of hydrogen-bond donors (Lipinski definition) is 1. The van der Waals surface area contributed by atoms with E-state index in [2.05, 4.69) is 15.1 Å². The van der Waals surface area contributed by atoms with E-state index in [9.17, 15) is 4.79 Å². The van der Waals surface area contributed by atoms with Crippen molar-refractivity contribution in [2.24, 2.45) is 5.92 Å². The van der Waals surface area contributed by atoms with Crippen LogP contribution < -0.4 is 5.32 Å². The van der Waals surface area contributed by atoms with E-state index in [1.807, 2.05) is 0 Å². The van der Waals surface area contributed by atoms with Crippen LogP contribution in [0.4, 0.5) is 0 Å². The Balaban J connectivity index is 1.39. The van der Waals surface area contributed by atoms with Crippen LogP contribution in [0.3, 0.4) is 0 Å². The highest BCUT2D eigenvalue weighted by Crippen LogP contribution is 2.22. The summed E-state index contributed by atoms with van der Waals surface area (Å²) in [6.07, 6.45) is 5.21. The summed E-state index contributed by atoms with van der Waals surface area (Å²) in [5, 5.41) is 3.40. The van der Waals surface area contributed by atoms with E-state index in [0.29, 0.717) is 17.9 Å². The first-order valence-corrected chi connectivity index (χ1v) is 8.63. The molecule has 1 unspecified atom stereocenters. The molecule has 3 rings (SSSR count). The van der Waals surface area contributed by atoms with Gasteiger partial charge in [0.15, 0.2) is 0 Å². The van der Waals surface area contributed by atoms with Crippen molar-refractivity contribution in [2.45, 2.75) is 38.1 Å². The zero-order valence-electron chi connectivity index (χ0n) is 13.1. The van der Waals surface area contributed by atoms with Gasteiger partial charge in [-0.25, -0.2) is 0 Å². The van der Waals surface area contributed by atoms with Crippen molar-refractivity contribution < 1.29 is 9.53 Å². The van der Waals surface area contributed by atoms with Gasteiger partial charge in [0, 0.05) is 64.9 Å². The molecule has 0 aromatic rings. The van der Waals surface area contributed by atoms with Gasteiger partial charge in [-0.3, -0.25) is 9.69 Å². The van der Waals surface area contributed by atoms with Crippen molar-refractivity contribution in [3.8, 4) is 0 Å². The van der Waals surface area contributed by atoms with Crippen molar-refractivity contribution in [1.29, 1.82) is 0 Å². The monoisotopic (exact) mass is 295 g/mol. The fourth-order valence-electron chi connectivity index (χ4n) is 3.83. The van der Waals surface area contributed by atoms with E-state index in [1.54, 1.807) is 0 Å². The minimum absolute atomic E-state index is 0.374. The molecule has 0 bridgehead atoms. The van der Waals surface area contributed by atoms with E-state index >= 15 is 0 Å². The molecule has 120 valence electrons. The molecule has 3 fully saturated rings. The Morgan fingerprint density at radius 1 is 1.10 bits per heavy atom. The molecule has 1 N–H and O–H groups in total. The number of hydrogen-bond acceptors (Lipinski definition) is 4. The first-order chi connectivity index (χ1) is 10.3. The Bertz CT molecular complexity index is 338. The lowest BCUT2D eigenvalue weighted by Crippen LogP contribution is -2.49. The van der Waals surface area contributed by atoms with Gasteiger partial charge in [-0.2, -0.15) is 0 Å². The minimum Gasteiger partial charge on any atom is -0.381 e. The van der Waals surface area contributed by atoms with Crippen LogP contribution >= 0.6 is 0 Å². The third-order valence-corrected chi connectivity index (χ3v) is 5.29.